The van der Waals surface area contributed by atoms with Crippen molar-refractivity contribution in [3.05, 3.63) is 124 Å². The minimum Gasteiger partial charge on any atom is -0.322 e. The molecule has 0 saturated carbocycles. The molecule has 0 atom stereocenters. The number of carbonyl (C=O) groups excluding carboxylic acids is 1. The van der Waals surface area contributed by atoms with Crippen LogP contribution in [-0.2, 0) is 22.6 Å². The predicted octanol–water partition coefficient (Wildman–Crippen LogP) is 7.00. The van der Waals surface area contributed by atoms with Crippen LogP contribution < -0.4 is 10.0 Å². The number of para-hydroxylation sites is 1. The number of hydrogen-bond acceptors (Lipinski definition) is 3. The molecule has 0 fully saturated rings. The third kappa shape index (κ3) is 6.49. The molecule has 0 heterocycles. The van der Waals surface area contributed by atoms with Gasteiger partial charge in [0, 0.05) is 11.3 Å². The van der Waals surface area contributed by atoms with E-state index in [1.807, 2.05) is 42.5 Å². The Morgan fingerprint density at radius 1 is 0.811 bits per heavy atom. The third-order valence-electron chi connectivity index (χ3n) is 5.45. The summed E-state index contributed by atoms with van der Waals surface area (Å²) in [5.41, 5.74) is 1.05. The fraction of sp³-hybridized carbons (Fsp3) is 0.0741. The number of alkyl halides is 3. The van der Waals surface area contributed by atoms with E-state index in [-0.39, 0.29) is 15.5 Å². The molecular formula is C27H20ClF3N2O3S. The topological polar surface area (TPSA) is 75.3 Å². The molecule has 1 amide bonds. The number of benzene rings is 4. The van der Waals surface area contributed by atoms with Crippen LogP contribution in [0.5, 0.6) is 0 Å². The molecule has 0 radical (unpaired) electrons. The molecule has 0 aliphatic carbocycles. The lowest BCUT2D eigenvalue weighted by atomic mass is 10.0. The van der Waals surface area contributed by atoms with Crippen molar-refractivity contribution in [1.29, 1.82) is 0 Å². The van der Waals surface area contributed by atoms with Crippen LogP contribution in [0.15, 0.2) is 102 Å². The number of sulfonamides is 1. The van der Waals surface area contributed by atoms with Crippen LogP contribution in [-0.4, -0.2) is 14.3 Å². The number of halogens is 4. The van der Waals surface area contributed by atoms with Crippen LogP contribution in [0, 0.1) is 0 Å². The van der Waals surface area contributed by atoms with Crippen molar-refractivity contribution >= 4 is 38.9 Å². The highest BCUT2D eigenvalue weighted by atomic mass is 35.5. The van der Waals surface area contributed by atoms with Gasteiger partial charge in [0.05, 0.1) is 21.2 Å². The van der Waals surface area contributed by atoms with Gasteiger partial charge in [0.15, 0.2) is 0 Å². The van der Waals surface area contributed by atoms with E-state index >= 15 is 0 Å². The fourth-order valence-corrected chi connectivity index (χ4v) is 4.93. The summed E-state index contributed by atoms with van der Waals surface area (Å²) in [5.74, 6) is -0.547. The van der Waals surface area contributed by atoms with Crippen LogP contribution >= 0.6 is 11.6 Å². The number of hydrogen-bond donors (Lipinski definition) is 2. The van der Waals surface area contributed by atoms with Gasteiger partial charge in [-0.25, -0.2) is 8.42 Å². The molecule has 0 aliphatic rings. The standard InChI is InChI=1S/C27H20ClF3N2O3S/c28-23-14-13-21(27(29,30)31)17-25(23)33-37(35,36)22-11-6-10-20(16-22)26(34)32-24-12-5-4-9-19(24)15-18-7-2-1-3-8-18/h1-14,16-17,33H,15H2,(H,32,34). The van der Waals surface area contributed by atoms with E-state index in [9.17, 15) is 26.4 Å². The van der Waals surface area contributed by atoms with Gasteiger partial charge in [0.25, 0.3) is 15.9 Å². The molecule has 0 bridgehead atoms. The van der Waals surface area contributed by atoms with Crippen molar-refractivity contribution in [2.75, 3.05) is 10.0 Å². The Bertz CT molecular complexity index is 1540. The van der Waals surface area contributed by atoms with Gasteiger partial charge in [-0.1, -0.05) is 66.2 Å². The highest BCUT2D eigenvalue weighted by molar-refractivity contribution is 7.92. The lowest BCUT2D eigenvalue weighted by Gasteiger charge is -2.14. The first-order valence-electron chi connectivity index (χ1n) is 11.0. The minimum absolute atomic E-state index is 0.0486. The number of carbonyl (C=O) groups is 1. The molecule has 0 spiro atoms. The Kier molecular flexibility index (Phi) is 7.56. The molecule has 2 N–H and O–H groups in total. The van der Waals surface area contributed by atoms with Crippen molar-refractivity contribution in [2.24, 2.45) is 0 Å². The first kappa shape index (κ1) is 26.2. The van der Waals surface area contributed by atoms with Crippen molar-refractivity contribution in [3.8, 4) is 0 Å². The van der Waals surface area contributed by atoms with E-state index in [1.54, 1.807) is 12.1 Å². The molecule has 4 rings (SSSR count). The highest BCUT2D eigenvalue weighted by Crippen LogP contribution is 2.34. The average Bonchev–Trinajstić information content (AvgIpc) is 2.86. The smallest absolute Gasteiger partial charge is 0.322 e. The molecule has 0 aromatic heterocycles. The maximum absolute atomic E-state index is 13.1. The monoisotopic (exact) mass is 544 g/mol. The van der Waals surface area contributed by atoms with Gasteiger partial charge in [-0.2, -0.15) is 13.2 Å². The van der Waals surface area contributed by atoms with E-state index < -0.39 is 33.4 Å². The van der Waals surface area contributed by atoms with Crippen LogP contribution in [0.3, 0.4) is 0 Å². The highest BCUT2D eigenvalue weighted by Gasteiger charge is 2.31. The second-order valence-corrected chi connectivity index (χ2v) is 10.2. The molecule has 4 aromatic rings. The molecule has 5 nitrogen and oxygen atoms in total. The van der Waals surface area contributed by atoms with Gasteiger partial charge in [0.1, 0.15) is 0 Å². The van der Waals surface area contributed by atoms with E-state index in [4.69, 9.17) is 11.6 Å². The van der Waals surface area contributed by atoms with Crippen LogP contribution in [0.4, 0.5) is 24.5 Å². The first-order valence-corrected chi connectivity index (χ1v) is 12.8. The van der Waals surface area contributed by atoms with Gasteiger partial charge in [-0.05, 0) is 60.0 Å². The molecule has 10 heteroatoms. The van der Waals surface area contributed by atoms with E-state index in [0.29, 0.717) is 18.2 Å². The summed E-state index contributed by atoms with van der Waals surface area (Å²) in [5, 5.41) is 2.60. The molecule has 37 heavy (non-hydrogen) atoms. The summed E-state index contributed by atoms with van der Waals surface area (Å²) in [7, 11) is -4.36. The summed E-state index contributed by atoms with van der Waals surface area (Å²) in [4.78, 5) is 12.7. The molecule has 0 unspecified atom stereocenters. The normalized spacial score (nSPS) is 11.7. The summed E-state index contributed by atoms with van der Waals surface area (Å²) in [6, 6.07) is 24.4. The van der Waals surface area contributed by atoms with Crippen molar-refractivity contribution in [3.63, 3.8) is 0 Å². The van der Waals surface area contributed by atoms with Gasteiger partial charge >= 0.3 is 6.18 Å². The fourth-order valence-electron chi connectivity index (χ4n) is 3.59. The SMILES string of the molecule is O=C(Nc1ccccc1Cc1ccccc1)c1cccc(S(=O)(=O)Nc2cc(C(F)(F)F)ccc2Cl)c1. The number of anilines is 2. The van der Waals surface area contributed by atoms with E-state index in [0.717, 1.165) is 29.3 Å². The Labute approximate surface area is 217 Å². The zero-order valence-electron chi connectivity index (χ0n) is 19.1. The number of amides is 1. The average molecular weight is 545 g/mol. The Morgan fingerprint density at radius 3 is 2.24 bits per heavy atom. The Balaban J connectivity index is 1.56. The molecule has 0 aliphatic heterocycles. The Morgan fingerprint density at radius 2 is 1.51 bits per heavy atom. The molecule has 4 aromatic carbocycles. The second kappa shape index (κ2) is 10.7. The third-order valence-corrected chi connectivity index (χ3v) is 7.14. The van der Waals surface area contributed by atoms with Crippen molar-refractivity contribution in [2.45, 2.75) is 17.5 Å². The largest absolute Gasteiger partial charge is 0.416 e. The lowest BCUT2D eigenvalue weighted by molar-refractivity contribution is -0.137. The maximum Gasteiger partial charge on any atom is 0.416 e. The summed E-state index contributed by atoms with van der Waals surface area (Å²) in [6.07, 6.45) is -4.10. The maximum atomic E-state index is 13.1. The minimum atomic E-state index is -4.68. The summed E-state index contributed by atoms with van der Waals surface area (Å²) >= 11 is 5.93. The van der Waals surface area contributed by atoms with E-state index in [1.165, 1.54) is 18.2 Å². The summed E-state index contributed by atoms with van der Waals surface area (Å²) in [6.45, 7) is 0. The van der Waals surface area contributed by atoms with Crippen LogP contribution in [0.1, 0.15) is 27.0 Å². The summed E-state index contributed by atoms with van der Waals surface area (Å²) < 4.78 is 67.1. The zero-order chi connectivity index (χ0) is 26.6. The van der Waals surface area contributed by atoms with Crippen molar-refractivity contribution in [1.82, 2.24) is 0 Å². The quantitative estimate of drug-likeness (QED) is 0.263. The van der Waals surface area contributed by atoms with Gasteiger partial charge < -0.3 is 5.32 Å². The van der Waals surface area contributed by atoms with Crippen LogP contribution in [0.2, 0.25) is 5.02 Å². The van der Waals surface area contributed by atoms with Crippen molar-refractivity contribution < 1.29 is 26.4 Å². The molecule has 0 saturated heterocycles. The van der Waals surface area contributed by atoms with Gasteiger partial charge in [0.2, 0.25) is 0 Å². The lowest BCUT2D eigenvalue weighted by Crippen LogP contribution is -2.17. The van der Waals surface area contributed by atoms with Crippen LogP contribution in [0.25, 0.3) is 0 Å². The predicted molar refractivity (Wildman–Crippen MR) is 137 cm³/mol. The molecule has 190 valence electrons. The van der Waals surface area contributed by atoms with Gasteiger partial charge in [-0.3, -0.25) is 9.52 Å². The van der Waals surface area contributed by atoms with E-state index in [2.05, 4.69) is 10.0 Å². The Hall–Kier alpha value is -3.82. The zero-order valence-corrected chi connectivity index (χ0v) is 20.7. The number of nitrogens with one attached hydrogen (secondary N) is 2. The van der Waals surface area contributed by atoms with Gasteiger partial charge in [-0.15, -0.1) is 0 Å². The first-order chi connectivity index (χ1) is 17.5. The number of rotatable bonds is 7. The second-order valence-electron chi connectivity index (χ2n) is 8.10. The molecular weight excluding hydrogens is 525 g/mol.